The van der Waals surface area contributed by atoms with Crippen molar-refractivity contribution in [2.75, 3.05) is 4.72 Å². The lowest BCUT2D eigenvalue weighted by Crippen LogP contribution is -2.21. The molecular formula is C9H9FN2O4S. The largest absolute Gasteiger partial charge is 0.478 e. The van der Waals surface area contributed by atoms with E-state index in [-0.39, 0.29) is 11.3 Å². The smallest absolute Gasteiger partial charge is 0.328 e. The number of halogens is 1. The zero-order chi connectivity index (χ0) is 13.1. The van der Waals surface area contributed by atoms with Crippen LogP contribution in [0.25, 0.3) is 6.08 Å². The standard InChI is InChI=1S/C9H9FN2O4S/c10-8-3-2-7(12-17(11,15)16)5-6(8)1-4-9(13)14/h1-5,12H,(H,13,14)(H2,11,15,16)/b4-1+. The summed E-state index contributed by atoms with van der Waals surface area (Å²) in [7, 11) is -3.95. The average Bonchev–Trinajstić information content (AvgIpc) is 2.16. The third-order valence-electron chi connectivity index (χ3n) is 1.66. The number of carboxylic acid groups (broad SMARTS) is 1. The van der Waals surface area contributed by atoms with Crippen molar-refractivity contribution in [2.24, 2.45) is 5.14 Å². The van der Waals surface area contributed by atoms with E-state index in [1.165, 1.54) is 0 Å². The Labute approximate surface area is 96.7 Å². The van der Waals surface area contributed by atoms with Gasteiger partial charge in [-0.25, -0.2) is 14.3 Å². The first-order valence-electron chi connectivity index (χ1n) is 4.29. The molecule has 0 fully saturated rings. The summed E-state index contributed by atoms with van der Waals surface area (Å²) >= 11 is 0. The molecule has 0 aromatic heterocycles. The van der Waals surface area contributed by atoms with Crippen molar-refractivity contribution >= 4 is 27.9 Å². The molecule has 0 aliphatic heterocycles. The predicted molar refractivity (Wildman–Crippen MR) is 59.8 cm³/mol. The molecule has 17 heavy (non-hydrogen) atoms. The van der Waals surface area contributed by atoms with Crippen molar-refractivity contribution in [1.82, 2.24) is 0 Å². The number of carboxylic acids is 1. The van der Waals surface area contributed by atoms with Gasteiger partial charge in [0.05, 0.1) is 5.69 Å². The summed E-state index contributed by atoms with van der Waals surface area (Å²) in [5.41, 5.74) is -0.0278. The summed E-state index contributed by atoms with van der Waals surface area (Å²) < 4.78 is 36.6. The van der Waals surface area contributed by atoms with Gasteiger partial charge in [0, 0.05) is 11.6 Å². The number of hydrogen-bond donors (Lipinski definition) is 3. The van der Waals surface area contributed by atoms with Crippen LogP contribution in [0.2, 0.25) is 0 Å². The Morgan fingerprint density at radius 2 is 2.12 bits per heavy atom. The molecule has 6 nitrogen and oxygen atoms in total. The Bertz CT molecular complexity index is 568. The SMILES string of the molecule is NS(=O)(=O)Nc1ccc(F)c(/C=C/C(=O)O)c1. The van der Waals surface area contributed by atoms with Gasteiger partial charge in [-0.15, -0.1) is 0 Å². The van der Waals surface area contributed by atoms with Crippen LogP contribution in [0.15, 0.2) is 24.3 Å². The Hall–Kier alpha value is -1.93. The molecule has 8 heteroatoms. The highest BCUT2D eigenvalue weighted by Crippen LogP contribution is 2.16. The van der Waals surface area contributed by atoms with E-state index < -0.39 is 22.0 Å². The molecule has 0 amide bonds. The van der Waals surface area contributed by atoms with Crippen molar-refractivity contribution in [2.45, 2.75) is 0 Å². The van der Waals surface area contributed by atoms with E-state index >= 15 is 0 Å². The molecule has 0 radical (unpaired) electrons. The van der Waals surface area contributed by atoms with Gasteiger partial charge in [0.2, 0.25) is 0 Å². The third kappa shape index (κ3) is 4.62. The van der Waals surface area contributed by atoms with Gasteiger partial charge in [-0.05, 0) is 24.3 Å². The maximum absolute atomic E-state index is 13.2. The molecule has 0 heterocycles. The Balaban J connectivity index is 3.06. The molecule has 1 rings (SSSR count). The molecule has 0 aliphatic carbocycles. The second-order valence-corrected chi connectivity index (χ2v) is 4.35. The van der Waals surface area contributed by atoms with Gasteiger partial charge in [-0.1, -0.05) is 0 Å². The highest BCUT2D eigenvalue weighted by atomic mass is 32.2. The predicted octanol–water partition coefficient (Wildman–Crippen LogP) is 0.539. The summed E-state index contributed by atoms with van der Waals surface area (Å²) in [4.78, 5) is 10.3. The van der Waals surface area contributed by atoms with Crippen LogP contribution in [-0.2, 0) is 15.0 Å². The fourth-order valence-corrected chi connectivity index (χ4v) is 1.52. The molecule has 0 saturated carbocycles. The van der Waals surface area contributed by atoms with Gasteiger partial charge >= 0.3 is 5.97 Å². The Morgan fingerprint density at radius 3 is 2.65 bits per heavy atom. The number of nitrogens with one attached hydrogen (secondary N) is 1. The molecule has 0 aliphatic rings. The monoisotopic (exact) mass is 260 g/mol. The maximum atomic E-state index is 13.2. The lowest BCUT2D eigenvalue weighted by Gasteiger charge is -2.04. The van der Waals surface area contributed by atoms with E-state index in [9.17, 15) is 17.6 Å². The molecule has 0 spiro atoms. The van der Waals surface area contributed by atoms with Gasteiger partial charge in [0.1, 0.15) is 5.82 Å². The zero-order valence-electron chi connectivity index (χ0n) is 8.42. The lowest BCUT2D eigenvalue weighted by atomic mass is 10.2. The number of hydrogen-bond acceptors (Lipinski definition) is 3. The average molecular weight is 260 g/mol. The van der Waals surface area contributed by atoms with E-state index in [0.29, 0.717) is 0 Å². The zero-order valence-corrected chi connectivity index (χ0v) is 9.24. The summed E-state index contributed by atoms with van der Waals surface area (Å²) in [5, 5.41) is 13.1. The van der Waals surface area contributed by atoms with Gasteiger partial charge in [0.25, 0.3) is 10.2 Å². The van der Waals surface area contributed by atoms with Crippen LogP contribution >= 0.6 is 0 Å². The van der Waals surface area contributed by atoms with Crippen LogP contribution in [0.3, 0.4) is 0 Å². The minimum absolute atomic E-state index is 0.0407. The number of carbonyl (C=O) groups is 1. The number of nitrogens with two attached hydrogens (primary N) is 1. The summed E-state index contributed by atoms with van der Waals surface area (Å²) in [5.74, 6) is -1.92. The van der Waals surface area contributed by atoms with E-state index in [4.69, 9.17) is 10.2 Å². The fraction of sp³-hybridized carbons (Fsp3) is 0. The van der Waals surface area contributed by atoms with Crippen LogP contribution in [0, 0.1) is 5.82 Å². The molecule has 0 bridgehead atoms. The van der Waals surface area contributed by atoms with Crippen LogP contribution in [0.1, 0.15) is 5.56 Å². The van der Waals surface area contributed by atoms with E-state index in [1.54, 1.807) is 0 Å². The Morgan fingerprint density at radius 1 is 1.47 bits per heavy atom. The third-order valence-corrected chi connectivity index (χ3v) is 2.18. The van der Waals surface area contributed by atoms with Crippen molar-refractivity contribution in [3.63, 3.8) is 0 Å². The maximum Gasteiger partial charge on any atom is 0.328 e. The van der Waals surface area contributed by atoms with Crippen LogP contribution in [-0.4, -0.2) is 19.5 Å². The van der Waals surface area contributed by atoms with Gasteiger partial charge < -0.3 is 5.11 Å². The van der Waals surface area contributed by atoms with Gasteiger partial charge in [0.15, 0.2) is 0 Å². The lowest BCUT2D eigenvalue weighted by molar-refractivity contribution is -0.131. The molecule has 0 saturated heterocycles. The first-order valence-corrected chi connectivity index (χ1v) is 5.83. The van der Waals surface area contributed by atoms with Crippen LogP contribution in [0.5, 0.6) is 0 Å². The molecule has 92 valence electrons. The minimum atomic E-state index is -3.95. The molecule has 0 atom stereocenters. The van der Waals surface area contributed by atoms with Gasteiger partial charge in [-0.2, -0.15) is 8.42 Å². The van der Waals surface area contributed by atoms with Crippen molar-refractivity contribution < 1.29 is 22.7 Å². The summed E-state index contributed by atoms with van der Waals surface area (Å²) in [6, 6.07) is 3.28. The fourth-order valence-electron chi connectivity index (χ4n) is 1.06. The molecular weight excluding hydrogens is 251 g/mol. The van der Waals surface area contributed by atoms with E-state index in [1.807, 2.05) is 4.72 Å². The molecule has 0 unspecified atom stereocenters. The van der Waals surface area contributed by atoms with Crippen molar-refractivity contribution in [3.05, 3.63) is 35.7 Å². The van der Waals surface area contributed by atoms with Crippen LogP contribution in [0.4, 0.5) is 10.1 Å². The highest BCUT2D eigenvalue weighted by molar-refractivity contribution is 7.90. The number of aliphatic carboxylic acids is 1. The first kappa shape index (κ1) is 13.1. The highest BCUT2D eigenvalue weighted by Gasteiger charge is 2.05. The molecule has 1 aromatic carbocycles. The second-order valence-electron chi connectivity index (χ2n) is 3.05. The summed E-state index contributed by atoms with van der Waals surface area (Å²) in [6.45, 7) is 0. The normalized spacial score (nSPS) is 11.6. The van der Waals surface area contributed by atoms with E-state index in [2.05, 4.69) is 0 Å². The number of anilines is 1. The Kier molecular flexibility index (Phi) is 3.81. The summed E-state index contributed by atoms with van der Waals surface area (Å²) in [6.07, 6.45) is 1.74. The van der Waals surface area contributed by atoms with Gasteiger partial charge in [-0.3, -0.25) is 4.72 Å². The van der Waals surface area contributed by atoms with Crippen molar-refractivity contribution in [3.8, 4) is 0 Å². The second kappa shape index (κ2) is 4.93. The quantitative estimate of drug-likeness (QED) is 0.686. The van der Waals surface area contributed by atoms with Crippen LogP contribution < -0.4 is 9.86 Å². The molecule has 1 aromatic rings. The topological polar surface area (TPSA) is 109 Å². The van der Waals surface area contributed by atoms with Crippen molar-refractivity contribution in [1.29, 1.82) is 0 Å². The number of rotatable bonds is 4. The first-order chi connectivity index (χ1) is 7.78. The number of benzene rings is 1. The minimum Gasteiger partial charge on any atom is -0.478 e. The molecule has 4 N–H and O–H groups in total. The van der Waals surface area contributed by atoms with E-state index in [0.717, 1.165) is 30.4 Å².